The van der Waals surface area contributed by atoms with Crippen LogP contribution in [0.1, 0.15) is 21.5 Å². The maximum absolute atomic E-state index is 13.2. The molecule has 0 saturated carbocycles. The molecule has 1 aromatic heterocycles. The molecule has 1 heterocycles. The van der Waals surface area contributed by atoms with Crippen molar-refractivity contribution in [2.75, 3.05) is 10.6 Å². The van der Waals surface area contributed by atoms with Crippen molar-refractivity contribution in [2.24, 2.45) is 0 Å². The van der Waals surface area contributed by atoms with Crippen molar-refractivity contribution in [3.05, 3.63) is 77.1 Å². The third-order valence-corrected chi connectivity index (χ3v) is 3.72. The van der Waals surface area contributed by atoms with E-state index in [2.05, 4.69) is 20.6 Å². The lowest BCUT2D eigenvalue weighted by Crippen LogP contribution is -2.14. The third kappa shape index (κ3) is 4.00. The van der Waals surface area contributed by atoms with E-state index in [0.717, 1.165) is 23.3 Å². The Hall–Kier alpha value is -3.35. The number of amides is 1. The van der Waals surface area contributed by atoms with Crippen molar-refractivity contribution in [3.8, 4) is 0 Å². The molecular formula is C19H16F2N4O. The highest BCUT2D eigenvalue weighted by Crippen LogP contribution is 2.18. The number of rotatable bonds is 4. The Morgan fingerprint density at radius 1 is 0.962 bits per heavy atom. The van der Waals surface area contributed by atoms with Gasteiger partial charge in [-0.3, -0.25) is 4.79 Å². The van der Waals surface area contributed by atoms with Gasteiger partial charge >= 0.3 is 0 Å². The van der Waals surface area contributed by atoms with Crippen molar-refractivity contribution in [3.63, 3.8) is 0 Å². The highest BCUT2D eigenvalue weighted by molar-refractivity contribution is 6.04. The van der Waals surface area contributed by atoms with Gasteiger partial charge in [0.1, 0.15) is 0 Å². The summed E-state index contributed by atoms with van der Waals surface area (Å²) < 4.78 is 26.1. The van der Waals surface area contributed by atoms with Gasteiger partial charge in [0.25, 0.3) is 5.91 Å². The first kappa shape index (κ1) is 17.5. The van der Waals surface area contributed by atoms with Gasteiger partial charge in [0.2, 0.25) is 5.95 Å². The van der Waals surface area contributed by atoms with E-state index >= 15 is 0 Å². The molecule has 0 saturated heterocycles. The number of nitrogens with one attached hydrogen (secondary N) is 2. The van der Waals surface area contributed by atoms with Crippen LogP contribution in [0.15, 0.2) is 48.8 Å². The molecule has 0 fully saturated rings. The minimum Gasteiger partial charge on any atom is -0.324 e. The zero-order valence-corrected chi connectivity index (χ0v) is 14.2. The molecule has 0 aliphatic carbocycles. The van der Waals surface area contributed by atoms with Crippen molar-refractivity contribution >= 4 is 23.2 Å². The first-order valence-electron chi connectivity index (χ1n) is 7.85. The summed E-state index contributed by atoms with van der Waals surface area (Å²) >= 11 is 0. The smallest absolute Gasteiger partial charge is 0.258 e. The number of anilines is 3. The summed E-state index contributed by atoms with van der Waals surface area (Å²) in [6.45, 7) is 3.89. The van der Waals surface area contributed by atoms with Gasteiger partial charge in [-0.05, 0) is 37.6 Å². The number of carbonyl (C=O) groups is 1. The Labute approximate surface area is 149 Å². The number of carbonyl (C=O) groups excluding carboxylic acids is 1. The van der Waals surface area contributed by atoms with Crippen LogP contribution >= 0.6 is 0 Å². The summed E-state index contributed by atoms with van der Waals surface area (Å²) in [6, 6.07) is 9.09. The second-order valence-corrected chi connectivity index (χ2v) is 5.82. The fourth-order valence-corrected chi connectivity index (χ4v) is 2.36. The molecule has 0 aliphatic heterocycles. The molecule has 1 amide bonds. The SMILES string of the molecule is Cc1ccc(NC(=O)c2cnc(Nc3ccc(F)c(F)c3)nc2)c(C)c1. The molecule has 132 valence electrons. The number of hydrogen-bond acceptors (Lipinski definition) is 4. The lowest BCUT2D eigenvalue weighted by molar-refractivity contribution is 0.102. The van der Waals surface area contributed by atoms with E-state index in [4.69, 9.17) is 0 Å². The number of halogens is 2. The molecule has 0 unspecified atom stereocenters. The van der Waals surface area contributed by atoms with Crippen LogP contribution in [0.4, 0.5) is 26.1 Å². The Morgan fingerprint density at radius 3 is 2.35 bits per heavy atom. The van der Waals surface area contributed by atoms with E-state index in [1.165, 1.54) is 18.5 Å². The molecule has 0 spiro atoms. The lowest BCUT2D eigenvalue weighted by Gasteiger charge is -2.09. The number of benzene rings is 2. The van der Waals surface area contributed by atoms with Gasteiger partial charge in [0.15, 0.2) is 11.6 Å². The summed E-state index contributed by atoms with van der Waals surface area (Å²) in [5, 5.41) is 5.55. The minimum absolute atomic E-state index is 0.166. The largest absolute Gasteiger partial charge is 0.324 e. The summed E-state index contributed by atoms with van der Waals surface area (Å²) in [6.07, 6.45) is 2.71. The van der Waals surface area contributed by atoms with Crippen LogP contribution in [0.5, 0.6) is 0 Å². The van der Waals surface area contributed by atoms with E-state index < -0.39 is 11.6 Å². The summed E-state index contributed by atoms with van der Waals surface area (Å²) in [7, 11) is 0. The van der Waals surface area contributed by atoms with Crippen LogP contribution in [0, 0.1) is 25.5 Å². The van der Waals surface area contributed by atoms with E-state index in [1.54, 1.807) is 0 Å². The molecule has 0 aliphatic rings. The number of aromatic nitrogens is 2. The van der Waals surface area contributed by atoms with Crippen molar-refractivity contribution < 1.29 is 13.6 Å². The van der Waals surface area contributed by atoms with Crippen molar-refractivity contribution in [1.82, 2.24) is 9.97 Å². The predicted octanol–water partition coefficient (Wildman–Crippen LogP) is 4.37. The topological polar surface area (TPSA) is 66.9 Å². The van der Waals surface area contributed by atoms with Crippen LogP contribution in [0.2, 0.25) is 0 Å². The van der Waals surface area contributed by atoms with E-state index in [1.807, 2.05) is 32.0 Å². The monoisotopic (exact) mass is 354 g/mol. The lowest BCUT2D eigenvalue weighted by atomic mass is 10.1. The standard InChI is InChI=1S/C19H16F2N4O/c1-11-3-6-17(12(2)7-11)25-18(26)13-9-22-19(23-10-13)24-14-4-5-15(20)16(21)8-14/h3-10H,1-2H3,(H,25,26)(H,22,23,24). The van der Waals surface area contributed by atoms with Gasteiger partial charge in [-0.25, -0.2) is 18.7 Å². The fourth-order valence-electron chi connectivity index (χ4n) is 2.36. The summed E-state index contributed by atoms with van der Waals surface area (Å²) in [5.41, 5.74) is 3.36. The summed E-state index contributed by atoms with van der Waals surface area (Å²) in [5.74, 6) is -2.08. The molecule has 0 radical (unpaired) electrons. The van der Waals surface area contributed by atoms with E-state index in [-0.39, 0.29) is 17.4 Å². The van der Waals surface area contributed by atoms with Gasteiger partial charge in [0, 0.05) is 29.8 Å². The normalized spacial score (nSPS) is 10.5. The van der Waals surface area contributed by atoms with E-state index in [0.29, 0.717) is 11.4 Å². The first-order valence-corrected chi connectivity index (χ1v) is 7.85. The molecule has 3 aromatic rings. The highest BCUT2D eigenvalue weighted by atomic mass is 19.2. The van der Waals surface area contributed by atoms with Gasteiger partial charge < -0.3 is 10.6 Å². The molecule has 2 aromatic carbocycles. The molecule has 26 heavy (non-hydrogen) atoms. The Morgan fingerprint density at radius 2 is 1.69 bits per heavy atom. The quantitative estimate of drug-likeness (QED) is 0.730. The number of aryl methyl sites for hydroxylation is 2. The van der Waals surface area contributed by atoms with Crippen molar-refractivity contribution in [1.29, 1.82) is 0 Å². The van der Waals surface area contributed by atoms with Crippen LogP contribution in [0.25, 0.3) is 0 Å². The zero-order valence-electron chi connectivity index (χ0n) is 14.2. The van der Waals surface area contributed by atoms with Gasteiger partial charge in [0.05, 0.1) is 5.56 Å². The zero-order chi connectivity index (χ0) is 18.7. The van der Waals surface area contributed by atoms with Gasteiger partial charge in [-0.2, -0.15) is 0 Å². The van der Waals surface area contributed by atoms with Gasteiger partial charge in [-0.15, -0.1) is 0 Å². The average molecular weight is 354 g/mol. The minimum atomic E-state index is -0.973. The second kappa shape index (κ2) is 7.26. The van der Waals surface area contributed by atoms with E-state index in [9.17, 15) is 13.6 Å². The molecule has 3 rings (SSSR count). The maximum atomic E-state index is 13.2. The average Bonchev–Trinajstić information content (AvgIpc) is 2.61. The molecule has 7 heteroatoms. The molecular weight excluding hydrogens is 338 g/mol. The Kier molecular flexibility index (Phi) is 4.88. The molecule has 5 nitrogen and oxygen atoms in total. The maximum Gasteiger partial charge on any atom is 0.258 e. The van der Waals surface area contributed by atoms with Crippen molar-refractivity contribution in [2.45, 2.75) is 13.8 Å². The van der Waals surface area contributed by atoms with Crippen LogP contribution in [0.3, 0.4) is 0 Å². The number of nitrogens with zero attached hydrogens (tertiary/aromatic N) is 2. The first-order chi connectivity index (χ1) is 12.4. The Bertz CT molecular complexity index is 958. The predicted molar refractivity (Wildman–Crippen MR) is 95.5 cm³/mol. The third-order valence-electron chi connectivity index (χ3n) is 3.72. The molecule has 0 atom stereocenters. The Balaban J connectivity index is 1.70. The molecule has 0 bridgehead atoms. The highest BCUT2D eigenvalue weighted by Gasteiger charge is 2.10. The van der Waals surface area contributed by atoms with Crippen LogP contribution in [-0.2, 0) is 0 Å². The second-order valence-electron chi connectivity index (χ2n) is 5.82. The van der Waals surface area contributed by atoms with Gasteiger partial charge in [-0.1, -0.05) is 17.7 Å². The van der Waals surface area contributed by atoms with Crippen LogP contribution < -0.4 is 10.6 Å². The summed E-state index contributed by atoms with van der Waals surface area (Å²) in [4.78, 5) is 20.4. The molecule has 2 N–H and O–H groups in total. The van der Waals surface area contributed by atoms with Crippen LogP contribution in [-0.4, -0.2) is 15.9 Å². The fraction of sp³-hybridized carbons (Fsp3) is 0.105. The number of hydrogen-bond donors (Lipinski definition) is 2.